The molecular formula is C12H9Cl2FS. The third-order valence-corrected chi connectivity index (χ3v) is 3.74. The first-order valence-corrected chi connectivity index (χ1v) is 6.52. The predicted octanol–water partition coefficient (Wildman–Crippen LogP) is 5.06. The molecule has 0 amide bonds. The minimum absolute atomic E-state index is 0.220. The lowest BCUT2D eigenvalue weighted by Crippen LogP contribution is -1.96. The highest BCUT2D eigenvalue weighted by molar-refractivity contribution is 7.07. The molecule has 84 valence electrons. The van der Waals surface area contributed by atoms with E-state index in [9.17, 15) is 4.39 Å². The molecule has 1 heterocycles. The van der Waals surface area contributed by atoms with Gasteiger partial charge in [-0.1, -0.05) is 17.7 Å². The third-order valence-electron chi connectivity index (χ3n) is 2.29. The maximum Gasteiger partial charge on any atom is 0.124 e. The van der Waals surface area contributed by atoms with Crippen molar-refractivity contribution in [2.75, 3.05) is 0 Å². The van der Waals surface area contributed by atoms with Gasteiger partial charge in [-0.05, 0) is 46.5 Å². The van der Waals surface area contributed by atoms with Gasteiger partial charge in [-0.15, -0.1) is 11.6 Å². The summed E-state index contributed by atoms with van der Waals surface area (Å²) in [6.07, 6.45) is 0.705. The molecule has 1 aromatic heterocycles. The molecule has 0 saturated carbocycles. The standard InChI is InChI=1S/C12H9Cl2FS/c13-11(5-8-3-4-16-7-8)10-2-1-9(15)6-12(10)14/h1-4,6-7,11H,5H2. The van der Waals surface area contributed by atoms with Crippen LogP contribution in [0.3, 0.4) is 0 Å². The Morgan fingerprint density at radius 3 is 2.75 bits per heavy atom. The monoisotopic (exact) mass is 274 g/mol. The number of hydrogen-bond acceptors (Lipinski definition) is 1. The molecule has 0 saturated heterocycles. The molecule has 0 radical (unpaired) electrons. The third kappa shape index (κ3) is 2.76. The van der Waals surface area contributed by atoms with Crippen molar-refractivity contribution in [2.24, 2.45) is 0 Å². The van der Waals surface area contributed by atoms with E-state index >= 15 is 0 Å². The van der Waals surface area contributed by atoms with Gasteiger partial charge in [-0.3, -0.25) is 0 Å². The maximum absolute atomic E-state index is 12.9. The van der Waals surface area contributed by atoms with E-state index in [2.05, 4.69) is 0 Å². The van der Waals surface area contributed by atoms with Gasteiger partial charge < -0.3 is 0 Å². The number of halogens is 3. The van der Waals surface area contributed by atoms with Crippen molar-refractivity contribution in [1.82, 2.24) is 0 Å². The number of alkyl halides is 1. The zero-order chi connectivity index (χ0) is 11.5. The largest absolute Gasteiger partial charge is 0.207 e. The summed E-state index contributed by atoms with van der Waals surface area (Å²) < 4.78 is 12.9. The van der Waals surface area contributed by atoms with Crippen molar-refractivity contribution in [1.29, 1.82) is 0 Å². The van der Waals surface area contributed by atoms with Gasteiger partial charge >= 0.3 is 0 Å². The van der Waals surface area contributed by atoms with Crippen LogP contribution in [-0.4, -0.2) is 0 Å². The Hall–Kier alpha value is -0.570. The van der Waals surface area contributed by atoms with Gasteiger partial charge in [-0.2, -0.15) is 11.3 Å². The minimum Gasteiger partial charge on any atom is -0.207 e. The highest BCUT2D eigenvalue weighted by atomic mass is 35.5. The van der Waals surface area contributed by atoms with Crippen molar-refractivity contribution in [3.05, 3.63) is 57.0 Å². The molecule has 0 aliphatic rings. The summed E-state index contributed by atoms with van der Waals surface area (Å²) in [7, 11) is 0. The van der Waals surface area contributed by atoms with Gasteiger partial charge in [0.05, 0.1) is 5.38 Å². The number of thiophene rings is 1. The van der Waals surface area contributed by atoms with E-state index < -0.39 is 0 Å². The van der Waals surface area contributed by atoms with E-state index in [0.717, 1.165) is 5.56 Å². The lowest BCUT2D eigenvalue weighted by atomic mass is 10.1. The van der Waals surface area contributed by atoms with Crippen LogP contribution in [0.1, 0.15) is 16.5 Å². The van der Waals surface area contributed by atoms with Crippen LogP contribution in [0.5, 0.6) is 0 Å². The Bertz CT molecular complexity index is 468. The van der Waals surface area contributed by atoms with Crippen LogP contribution in [-0.2, 0) is 6.42 Å². The molecule has 4 heteroatoms. The summed E-state index contributed by atoms with van der Waals surface area (Å²) in [5.74, 6) is -0.340. The van der Waals surface area contributed by atoms with E-state index in [-0.39, 0.29) is 11.2 Å². The Morgan fingerprint density at radius 2 is 2.12 bits per heavy atom. The van der Waals surface area contributed by atoms with Crippen LogP contribution < -0.4 is 0 Å². The van der Waals surface area contributed by atoms with E-state index in [1.165, 1.54) is 17.7 Å². The van der Waals surface area contributed by atoms with Gasteiger partial charge in [0, 0.05) is 5.02 Å². The lowest BCUT2D eigenvalue weighted by molar-refractivity contribution is 0.627. The zero-order valence-electron chi connectivity index (χ0n) is 8.29. The fourth-order valence-electron chi connectivity index (χ4n) is 1.48. The smallest absolute Gasteiger partial charge is 0.124 e. The SMILES string of the molecule is Fc1ccc(C(Cl)Cc2ccsc2)c(Cl)c1. The Morgan fingerprint density at radius 1 is 1.31 bits per heavy atom. The second-order valence-corrected chi connectivity index (χ2v) is 5.18. The number of hydrogen-bond donors (Lipinski definition) is 0. The molecule has 0 bridgehead atoms. The van der Waals surface area contributed by atoms with Crippen molar-refractivity contribution < 1.29 is 4.39 Å². The van der Waals surface area contributed by atoms with Gasteiger partial charge in [0.2, 0.25) is 0 Å². The normalized spacial score (nSPS) is 12.7. The average molecular weight is 275 g/mol. The molecule has 0 fully saturated rings. The van der Waals surface area contributed by atoms with Crippen LogP contribution >= 0.6 is 34.5 Å². The van der Waals surface area contributed by atoms with Crippen molar-refractivity contribution in [3.63, 3.8) is 0 Å². The van der Waals surface area contributed by atoms with Crippen molar-refractivity contribution in [2.45, 2.75) is 11.8 Å². The van der Waals surface area contributed by atoms with E-state index in [4.69, 9.17) is 23.2 Å². The summed E-state index contributed by atoms with van der Waals surface area (Å²) in [6.45, 7) is 0. The van der Waals surface area contributed by atoms with Gasteiger partial charge in [-0.25, -0.2) is 4.39 Å². The van der Waals surface area contributed by atoms with E-state index in [1.807, 2.05) is 16.8 Å². The molecule has 1 atom stereocenters. The Balaban J connectivity index is 2.17. The fraction of sp³-hybridized carbons (Fsp3) is 0.167. The van der Waals surface area contributed by atoms with E-state index in [1.54, 1.807) is 17.4 Å². The molecule has 0 N–H and O–H groups in total. The molecule has 2 rings (SSSR count). The summed E-state index contributed by atoms with van der Waals surface area (Å²) in [4.78, 5) is 0. The summed E-state index contributed by atoms with van der Waals surface area (Å²) >= 11 is 13.8. The van der Waals surface area contributed by atoms with E-state index in [0.29, 0.717) is 11.4 Å². The van der Waals surface area contributed by atoms with Crippen LogP contribution in [0.4, 0.5) is 4.39 Å². The van der Waals surface area contributed by atoms with Crippen molar-refractivity contribution >= 4 is 34.5 Å². The first-order valence-electron chi connectivity index (χ1n) is 4.77. The molecule has 2 aromatic rings. The van der Waals surface area contributed by atoms with Gasteiger partial charge in [0.25, 0.3) is 0 Å². The second-order valence-electron chi connectivity index (χ2n) is 3.47. The maximum atomic E-state index is 12.9. The van der Waals surface area contributed by atoms with Crippen LogP contribution in [0, 0.1) is 5.82 Å². The molecule has 0 aliphatic heterocycles. The van der Waals surface area contributed by atoms with Crippen LogP contribution in [0.15, 0.2) is 35.0 Å². The fourth-order valence-corrected chi connectivity index (χ4v) is 2.89. The number of benzene rings is 1. The highest BCUT2D eigenvalue weighted by Gasteiger charge is 2.13. The predicted molar refractivity (Wildman–Crippen MR) is 68.0 cm³/mol. The van der Waals surface area contributed by atoms with Gasteiger partial charge in [0.15, 0.2) is 0 Å². The molecule has 0 aliphatic carbocycles. The molecule has 0 nitrogen and oxygen atoms in total. The van der Waals surface area contributed by atoms with Crippen LogP contribution in [0.2, 0.25) is 5.02 Å². The summed E-state index contributed by atoms with van der Waals surface area (Å²) in [5, 5.41) is 4.22. The molecule has 0 spiro atoms. The minimum atomic E-state index is -0.340. The first-order chi connectivity index (χ1) is 7.66. The Kier molecular flexibility index (Phi) is 3.85. The quantitative estimate of drug-likeness (QED) is 0.686. The zero-order valence-corrected chi connectivity index (χ0v) is 10.6. The first kappa shape index (κ1) is 11.9. The molecule has 1 unspecified atom stereocenters. The average Bonchev–Trinajstić information content (AvgIpc) is 2.70. The van der Waals surface area contributed by atoms with Crippen LogP contribution in [0.25, 0.3) is 0 Å². The molecule has 1 aromatic carbocycles. The summed E-state index contributed by atoms with van der Waals surface area (Å²) in [5.41, 5.74) is 1.95. The Labute approximate surface area is 108 Å². The van der Waals surface area contributed by atoms with Crippen molar-refractivity contribution in [3.8, 4) is 0 Å². The van der Waals surface area contributed by atoms with Gasteiger partial charge in [0.1, 0.15) is 5.82 Å². The second kappa shape index (κ2) is 5.17. The number of rotatable bonds is 3. The lowest BCUT2D eigenvalue weighted by Gasteiger charge is -2.10. The topological polar surface area (TPSA) is 0 Å². The molecular weight excluding hydrogens is 266 g/mol. The molecule has 16 heavy (non-hydrogen) atoms. The highest BCUT2D eigenvalue weighted by Crippen LogP contribution is 2.31. The summed E-state index contributed by atoms with van der Waals surface area (Å²) in [6, 6.07) is 6.34.